The van der Waals surface area contributed by atoms with E-state index in [1.807, 2.05) is 18.7 Å². The highest BCUT2D eigenvalue weighted by Gasteiger charge is 2.24. The quantitative estimate of drug-likeness (QED) is 0.837. The van der Waals surface area contributed by atoms with E-state index in [0.29, 0.717) is 17.2 Å². The molecule has 1 unspecified atom stereocenters. The summed E-state index contributed by atoms with van der Waals surface area (Å²) in [6.07, 6.45) is 4.50. The zero-order valence-electron chi connectivity index (χ0n) is 13.9. The van der Waals surface area contributed by atoms with Gasteiger partial charge in [0, 0.05) is 18.5 Å². The zero-order valence-corrected chi connectivity index (χ0v) is 13.9. The van der Waals surface area contributed by atoms with Crippen LogP contribution in [-0.4, -0.2) is 33.4 Å². The van der Waals surface area contributed by atoms with E-state index in [9.17, 15) is 4.79 Å². The van der Waals surface area contributed by atoms with Crippen LogP contribution in [0.15, 0.2) is 6.20 Å². The number of aromatic nitrogens is 2. The minimum atomic E-state index is -0.0837. The second-order valence-electron chi connectivity index (χ2n) is 5.80. The van der Waals surface area contributed by atoms with Gasteiger partial charge >= 0.3 is 0 Å². The SMILES string of the molecule is CCCCN(C(=O)c1nc(C(C)C)ncc1N)C(C)CC. The molecule has 0 spiro atoms. The number of hydrogen-bond acceptors (Lipinski definition) is 4. The molecule has 0 bridgehead atoms. The predicted octanol–water partition coefficient (Wildman–Crippen LogP) is 3.22. The number of hydrogen-bond donors (Lipinski definition) is 1. The third-order valence-electron chi connectivity index (χ3n) is 3.69. The molecule has 1 rings (SSSR count). The van der Waals surface area contributed by atoms with E-state index in [1.54, 1.807) is 6.20 Å². The lowest BCUT2D eigenvalue weighted by atomic mass is 10.1. The highest BCUT2D eigenvalue weighted by molar-refractivity contribution is 5.97. The first-order valence-corrected chi connectivity index (χ1v) is 7.85. The van der Waals surface area contributed by atoms with Crippen LogP contribution in [0.25, 0.3) is 0 Å². The van der Waals surface area contributed by atoms with Gasteiger partial charge in [-0.2, -0.15) is 0 Å². The van der Waals surface area contributed by atoms with Gasteiger partial charge in [0.1, 0.15) is 5.82 Å². The summed E-state index contributed by atoms with van der Waals surface area (Å²) >= 11 is 0. The number of amides is 1. The summed E-state index contributed by atoms with van der Waals surface area (Å²) < 4.78 is 0. The molecule has 1 amide bonds. The number of carbonyl (C=O) groups excluding carboxylic acids is 1. The van der Waals surface area contributed by atoms with Crippen molar-refractivity contribution in [1.82, 2.24) is 14.9 Å². The van der Waals surface area contributed by atoms with Gasteiger partial charge in [0.15, 0.2) is 5.69 Å². The van der Waals surface area contributed by atoms with Gasteiger partial charge in [0.2, 0.25) is 0 Å². The number of carbonyl (C=O) groups is 1. The van der Waals surface area contributed by atoms with Crippen LogP contribution in [0, 0.1) is 0 Å². The van der Waals surface area contributed by atoms with Crippen molar-refractivity contribution in [3.63, 3.8) is 0 Å². The van der Waals surface area contributed by atoms with Crippen LogP contribution in [0.5, 0.6) is 0 Å². The van der Waals surface area contributed by atoms with Gasteiger partial charge in [-0.15, -0.1) is 0 Å². The Kier molecular flexibility index (Phi) is 6.59. The van der Waals surface area contributed by atoms with Crippen LogP contribution in [0.2, 0.25) is 0 Å². The highest BCUT2D eigenvalue weighted by Crippen LogP contribution is 2.18. The third-order valence-corrected chi connectivity index (χ3v) is 3.69. The van der Waals surface area contributed by atoms with Crippen molar-refractivity contribution in [2.75, 3.05) is 12.3 Å². The van der Waals surface area contributed by atoms with E-state index in [1.165, 1.54) is 0 Å². The first-order chi connectivity index (χ1) is 9.92. The maximum absolute atomic E-state index is 12.8. The van der Waals surface area contributed by atoms with Crippen molar-refractivity contribution in [3.8, 4) is 0 Å². The van der Waals surface area contributed by atoms with Crippen LogP contribution >= 0.6 is 0 Å². The summed E-state index contributed by atoms with van der Waals surface area (Å²) in [5, 5.41) is 0. The first-order valence-electron chi connectivity index (χ1n) is 7.85. The van der Waals surface area contributed by atoms with Gasteiger partial charge < -0.3 is 10.6 Å². The number of nitrogens with zero attached hydrogens (tertiary/aromatic N) is 3. The van der Waals surface area contributed by atoms with Gasteiger partial charge in [0.05, 0.1) is 11.9 Å². The average Bonchev–Trinajstić information content (AvgIpc) is 2.47. The van der Waals surface area contributed by atoms with Crippen LogP contribution in [0.3, 0.4) is 0 Å². The van der Waals surface area contributed by atoms with Gasteiger partial charge in [-0.1, -0.05) is 34.1 Å². The number of rotatable bonds is 7. The molecule has 0 aliphatic carbocycles. The monoisotopic (exact) mass is 292 g/mol. The van der Waals surface area contributed by atoms with Gasteiger partial charge in [0.25, 0.3) is 5.91 Å². The predicted molar refractivity (Wildman–Crippen MR) is 86.2 cm³/mol. The zero-order chi connectivity index (χ0) is 16.0. The fraction of sp³-hybridized carbons (Fsp3) is 0.688. The number of unbranched alkanes of at least 4 members (excludes halogenated alkanes) is 1. The molecule has 21 heavy (non-hydrogen) atoms. The number of nitrogens with two attached hydrogens (primary N) is 1. The highest BCUT2D eigenvalue weighted by atomic mass is 16.2. The van der Waals surface area contributed by atoms with Gasteiger partial charge in [-0.3, -0.25) is 4.79 Å². The largest absolute Gasteiger partial charge is 0.396 e. The first kappa shape index (κ1) is 17.4. The maximum atomic E-state index is 12.8. The van der Waals surface area contributed by atoms with Gasteiger partial charge in [-0.25, -0.2) is 9.97 Å². The molecule has 1 aromatic rings. The number of nitrogen functional groups attached to an aromatic ring is 1. The van der Waals surface area contributed by atoms with Crippen LogP contribution in [0.1, 0.15) is 76.1 Å². The van der Waals surface area contributed by atoms with Crippen molar-refractivity contribution >= 4 is 11.6 Å². The van der Waals surface area contributed by atoms with Crippen molar-refractivity contribution < 1.29 is 4.79 Å². The fourth-order valence-electron chi connectivity index (χ4n) is 2.06. The molecular formula is C16H28N4O. The molecule has 0 radical (unpaired) electrons. The van der Waals surface area contributed by atoms with E-state index >= 15 is 0 Å². The molecule has 0 aliphatic rings. The molecule has 0 aliphatic heterocycles. The number of anilines is 1. The summed E-state index contributed by atoms with van der Waals surface area (Å²) in [5.74, 6) is 0.747. The molecule has 1 atom stereocenters. The van der Waals surface area contributed by atoms with Crippen LogP contribution < -0.4 is 5.73 Å². The van der Waals surface area contributed by atoms with E-state index in [-0.39, 0.29) is 17.9 Å². The second-order valence-corrected chi connectivity index (χ2v) is 5.80. The lowest BCUT2D eigenvalue weighted by molar-refractivity contribution is 0.0680. The molecule has 5 heteroatoms. The second kappa shape index (κ2) is 7.96. The van der Waals surface area contributed by atoms with E-state index in [4.69, 9.17) is 5.73 Å². The lowest BCUT2D eigenvalue weighted by Crippen LogP contribution is -2.40. The minimum absolute atomic E-state index is 0.0837. The van der Waals surface area contributed by atoms with Crippen molar-refractivity contribution in [3.05, 3.63) is 17.7 Å². The lowest BCUT2D eigenvalue weighted by Gasteiger charge is -2.28. The maximum Gasteiger partial charge on any atom is 0.274 e. The fourth-order valence-corrected chi connectivity index (χ4v) is 2.06. The molecule has 1 heterocycles. The summed E-state index contributed by atoms with van der Waals surface area (Å²) in [5.41, 5.74) is 6.62. The minimum Gasteiger partial charge on any atom is -0.396 e. The normalized spacial score (nSPS) is 12.5. The third kappa shape index (κ3) is 4.41. The summed E-state index contributed by atoms with van der Waals surface area (Å²) in [6.45, 7) is 11.0. The molecule has 2 N–H and O–H groups in total. The standard InChI is InChI=1S/C16H28N4O/c1-6-8-9-20(12(5)7-2)16(21)14-13(17)10-18-15(19-14)11(3)4/h10-12H,6-9,17H2,1-5H3. The molecule has 0 fully saturated rings. The van der Waals surface area contributed by atoms with Crippen molar-refractivity contribution in [2.24, 2.45) is 0 Å². The Balaban J connectivity index is 3.10. The van der Waals surface area contributed by atoms with E-state index in [2.05, 4.69) is 30.7 Å². The summed E-state index contributed by atoms with van der Waals surface area (Å²) in [7, 11) is 0. The van der Waals surface area contributed by atoms with Gasteiger partial charge in [-0.05, 0) is 19.8 Å². The molecule has 0 saturated heterocycles. The Labute approximate surface area is 128 Å². The Morgan fingerprint density at radius 1 is 1.33 bits per heavy atom. The Morgan fingerprint density at radius 2 is 2.00 bits per heavy atom. The van der Waals surface area contributed by atoms with Crippen LogP contribution in [-0.2, 0) is 0 Å². The molecule has 0 saturated carbocycles. The van der Waals surface area contributed by atoms with E-state index < -0.39 is 0 Å². The molecular weight excluding hydrogens is 264 g/mol. The molecule has 118 valence electrons. The molecule has 1 aromatic heterocycles. The van der Waals surface area contributed by atoms with Crippen molar-refractivity contribution in [1.29, 1.82) is 0 Å². The van der Waals surface area contributed by atoms with Crippen LogP contribution in [0.4, 0.5) is 5.69 Å². The smallest absolute Gasteiger partial charge is 0.274 e. The Hall–Kier alpha value is -1.65. The molecule has 0 aromatic carbocycles. The summed E-state index contributed by atoms with van der Waals surface area (Å²) in [6, 6.07) is 0.181. The topological polar surface area (TPSA) is 72.1 Å². The Morgan fingerprint density at radius 3 is 2.52 bits per heavy atom. The Bertz CT molecular complexity index is 473. The van der Waals surface area contributed by atoms with Crippen molar-refractivity contribution in [2.45, 2.75) is 65.8 Å². The average molecular weight is 292 g/mol. The van der Waals surface area contributed by atoms with E-state index in [0.717, 1.165) is 25.8 Å². The molecule has 5 nitrogen and oxygen atoms in total. The summed E-state index contributed by atoms with van der Waals surface area (Å²) in [4.78, 5) is 23.3.